The van der Waals surface area contributed by atoms with Crippen LogP contribution in [0.2, 0.25) is 0 Å². The lowest BCUT2D eigenvalue weighted by atomic mass is 9.97. The molecule has 0 fully saturated rings. The van der Waals surface area contributed by atoms with Crippen molar-refractivity contribution in [3.8, 4) is 68.2 Å². The summed E-state index contributed by atoms with van der Waals surface area (Å²) in [7, 11) is 0. The van der Waals surface area contributed by atoms with Gasteiger partial charge in [0, 0.05) is 47.6 Å². The lowest BCUT2D eigenvalue weighted by Crippen LogP contribution is -2.04. The van der Waals surface area contributed by atoms with Crippen molar-refractivity contribution in [1.29, 1.82) is 5.26 Å². The third-order valence-corrected chi connectivity index (χ3v) is 12.1. The smallest absolute Gasteiger partial charge is 0.166 e. The van der Waals surface area contributed by atoms with Crippen molar-refractivity contribution >= 4 is 53.3 Å². The molecule has 0 saturated heterocycles. The predicted octanol–water partition coefficient (Wildman–Crippen LogP) is 13.5. The van der Waals surface area contributed by atoms with Gasteiger partial charge in [0.2, 0.25) is 0 Å². The zero-order chi connectivity index (χ0) is 38.6. The van der Waals surface area contributed by atoms with Crippen LogP contribution in [0.3, 0.4) is 0 Å². The molecule has 0 aliphatic carbocycles. The zero-order valence-electron chi connectivity index (χ0n) is 31.0. The quantitative estimate of drug-likeness (QED) is 0.169. The number of fused-ring (bicyclic) bond motifs is 6. The van der Waals surface area contributed by atoms with E-state index in [1.165, 1.54) is 25.7 Å². The number of benzene rings is 8. The molecule has 0 spiro atoms. The van der Waals surface area contributed by atoms with E-state index in [4.69, 9.17) is 15.0 Å². The molecule has 0 amide bonds. The van der Waals surface area contributed by atoms with Crippen LogP contribution in [0.25, 0.3) is 104 Å². The first-order valence-corrected chi connectivity index (χ1v) is 20.0. The third kappa shape index (κ3) is 5.56. The number of nitrogens with zero attached hydrogens (tertiary/aromatic N) is 5. The first kappa shape index (κ1) is 33.6. The van der Waals surface area contributed by atoms with Crippen LogP contribution in [0.4, 0.5) is 0 Å². The van der Waals surface area contributed by atoms with E-state index in [0.717, 1.165) is 60.9 Å². The Morgan fingerprint density at radius 3 is 1.78 bits per heavy atom. The van der Waals surface area contributed by atoms with E-state index >= 15 is 0 Å². The highest BCUT2D eigenvalue weighted by Gasteiger charge is 2.21. The SMILES string of the molecule is N#Cc1ccccc1-c1ccc(-c2nc(-c3ccccc3)nc(-c3cccc(-c4cccc5c4sc4ccccc45)c3)n2)c(-n2c3ccccc3c3ccccc32)c1. The number of para-hydroxylation sites is 2. The topological polar surface area (TPSA) is 67.4 Å². The number of hydrogen-bond acceptors (Lipinski definition) is 5. The lowest BCUT2D eigenvalue weighted by molar-refractivity contribution is 1.06. The summed E-state index contributed by atoms with van der Waals surface area (Å²) in [5.41, 5.74) is 10.4. The zero-order valence-corrected chi connectivity index (χ0v) is 31.9. The fourth-order valence-corrected chi connectivity index (χ4v) is 9.47. The van der Waals surface area contributed by atoms with Gasteiger partial charge in [0.25, 0.3) is 0 Å². The molecule has 3 aromatic heterocycles. The Kier molecular flexibility index (Phi) is 7.99. The van der Waals surface area contributed by atoms with Gasteiger partial charge < -0.3 is 4.57 Å². The first-order valence-electron chi connectivity index (χ1n) is 19.2. The normalized spacial score (nSPS) is 11.4. The van der Waals surface area contributed by atoms with Crippen LogP contribution >= 0.6 is 11.3 Å². The van der Waals surface area contributed by atoms with Crippen LogP contribution in [0.1, 0.15) is 5.56 Å². The van der Waals surface area contributed by atoms with Crippen LogP contribution in [-0.2, 0) is 0 Å². The van der Waals surface area contributed by atoms with Crippen molar-refractivity contribution in [2.45, 2.75) is 0 Å². The summed E-state index contributed by atoms with van der Waals surface area (Å²) in [5.74, 6) is 1.73. The monoisotopic (exact) mass is 757 g/mol. The summed E-state index contributed by atoms with van der Waals surface area (Å²) in [6, 6.07) is 67.3. The molecule has 11 rings (SSSR count). The molecule has 0 bridgehead atoms. The van der Waals surface area contributed by atoms with E-state index in [1.807, 2.05) is 65.9 Å². The Hall–Kier alpha value is -7.72. The first-order chi connectivity index (χ1) is 28.7. The Balaban J connectivity index is 1.16. The van der Waals surface area contributed by atoms with Crippen molar-refractivity contribution < 1.29 is 0 Å². The summed E-state index contributed by atoms with van der Waals surface area (Å²) in [6.45, 7) is 0. The number of hydrogen-bond donors (Lipinski definition) is 0. The predicted molar refractivity (Wildman–Crippen MR) is 239 cm³/mol. The molecule has 0 unspecified atom stereocenters. The van der Waals surface area contributed by atoms with Gasteiger partial charge in [-0.2, -0.15) is 5.26 Å². The molecule has 0 aliphatic rings. The molecular formula is C52H31N5S. The number of rotatable bonds is 6. The van der Waals surface area contributed by atoms with Gasteiger partial charge in [-0.25, -0.2) is 15.0 Å². The van der Waals surface area contributed by atoms with Gasteiger partial charge in [-0.1, -0.05) is 146 Å². The third-order valence-electron chi connectivity index (χ3n) is 10.9. The summed E-state index contributed by atoms with van der Waals surface area (Å²) in [4.78, 5) is 15.7. The fourth-order valence-electron chi connectivity index (χ4n) is 8.23. The minimum absolute atomic E-state index is 0.554. The Bertz CT molecular complexity index is 3370. The summed E-state index contributed by atoms with van der Waals surface area (Å²) in [6.07, 6.45) is 0. The largest absolute Gasteiger partial charge is 0.308 e. The van der Waals surface area contributed by atoms with Crippen molar-refractivity contribution in [2.75, 3.05) is 0 Å². The summed E-state index contributed by atoms with van der Waals surface area (Å²) >= 11 is 1.83. The average molecular weight is 758 g/mol. The van der Waals surface area contributed by atoms with Gasteiger partial charge in [0.15, 0.2) is 17.5 Å². The molecule has 8 aromatic carbocycles. The highest BCUT2D eigenvalue weighted by atomic mass is 32.1. The van der Waals surface area contributed by atoms with Gasteiger partial charge in [0.1, 0.15) is 0 Å². The number of aromatic nitrogens is 4. The minimum Gasteiger partial charge on any atom is -0.308 e. The second-order valence-electron chi connectivity index (χ2n) is 14.3. The van der Waals surface area contributed by atoms with Crippen molar-refractivity contribution in [3.05, 3.63) is 194 Å². The minimum atomic E-state index is 0.554. The Morgan fingerprint density at radius 2 is 0.983 bits per heavy atom. The molecule has 3 heterocycles. The second-order valence-corrected chi connectivity index (χ2v) is 15.3. The van der Waals surface area contributed by atoms with Gasteiger partial charge in [-0.05, 0) is 64.7 Å². The molecule has 0 saturated carbocycles. The molecule has 0 radical (unpaired) electrons. The van der Waals surface area contributed by atoms with Crippen molar-refractivity contribution in [3.63, 3.8) is 0 Å². The molecule has 5 nitrogen and oxygen atoms in total. The lowest BCUT2D eigenvalue weighted by Gasteiger charge is -2.17. The van der Waals surface area contributed by atoms with Crippen molar-refractivity contribution in [1.82, 2.24) is 19.5 Å². The molecule has 0 aliphatic heterocycles. The molecular weight excluding hydrogens is 727 g/mol. The van der Waals surface area contributed by atoms with Gasteiger partial charge in [-0.3, -0.25) is 0 Å². The Morgan fingerprint density at radius 1 is 0.414 bits per heavy atom. The van der Waals surface area contributed by atoms with E-state index in [0.29, 0.717) is 23.0 Å². The van der Waals surface area contributed by atoms with E-state index in [-0.39, 0.29) is 0 Å². The highest BCUT2D eigenvalue weighted by molar-refractivity contribution is 7.26. The van der Waals surface area contributed by atoms with E-state index in [2.05, 4.69) is 144 Å². The van der Waals surface area contributed by atoms with E-state index < -0.39 is 0 Å². The number of nitriles is 1. The van der Waals surface area contributed by atoms with Crippen LogP contribution < -0.4 is 0 Å². The second kappa shape index (κ2) is 13.8. The van der Waals surface area contributed by atoms with Crippen LogP contribution in [-0.4, -0.2) is 19.5 Å². The standard InChI is InChI=1S/C52H31N5S/c53-32-37-16-4-5-19-38(37)35-28-29-44(47(31-35)57-45-25-9-6-20-40(45)41-21-7-10-26-46(41)57)52-55-50(33-14-2-1-3-15-33)54-51(56-52)36-18-12-17-34(30-36)39-23-13-24-43-42-22-8-11-27-48(42)58-49(39)43/h1-31H. The van der Waals surface area contributed by atoms with Gasteiger partial charge in [0.05, 0.1) is 28.4 Å². The van der Waals surface area contributed by atoms with Crippen LogP contribution in [0, 0.1) is 11.3 Å². The van der Waals surface area contributed by atoms with E-state index in [1.54, 1.807) is 0 Å². The average Bonchev–Trinajstić information content (AvgIpc) is 3.85. The maximum absolute atomic E-state index is 10.1. The van der Waals surface area contributed by atoms with Crippen LogP contribution in [0.15, 0.2) is 188 Å². The van der Waals surface area contributed by atoms with Crippen LogP contribution in [0.5, 0.6) is 0 Å². The summed E-state index contributed by atoms with van der Waals surface area (Å²) in [5, 5.41) is 15.0. The fraction of sp³-hybridized carbons (Fsp3) is 0. The van der Waals surface area contributed by atoms with Gasteiger partial charge >= 0.3 is 0 Å². The molecule has 270 valence electrons. The number of thiophene rings is 1. The molecule has 58 heavy (non-hydrogen) atoms. The van der Waals surface area contributed by atoms with Crippen molar-refractivity contribution in [2.24, 2.45) is 0 Å². The molecule has 6 heteroatoms. The molecule has 0 atom stereocenters. The highest BCUT2D eigenvalue weighted by Crippen LogP contribution is 2.42. The maximum atomic E-state index is 10.1. The summed E-state index contributed by atoms with van der Waals surface area (Å²) < 4.78 is 4.84. The Labute approximate surface area is 338 Å². The van der Waals surface area contributed by atoms with E-state index in [9.17, 15) is 5.26 Å². The molecule has 11 aromatic rings. The van der Waals surface area contributed by atoms with Gasteiger partial charge in [-0.15, -0.1) is 11.3 Å². The maximum Gasteiger partial charge on any atom is 0.166 e. The molecule has 0 N–H and O–H groups in total.